The van der Waals surface area contributed by atoms with Gasteiger partial charge < -0.3 is 15.7 Å². The zero-order valence-corrected chi connectivity index (χ0v) is 20.5. The van der Waals surface area contributed by atoms with Crippen molar-refractivity contribution in [3.63, 3.8) is 0 Å². The van der Waals surface area contributed by atoms with E-state index in [4.69, 9.17) is 0 Å². The van der Waals surface area contributed by atoms with Gasteiger partial charge in [0.05, 0.1) is 10.9 Å². The first-order valence-electron chi connectivity index (χ1n) is 11.1. The number of rotatable bonds is 10. The number of aromatic nitrogens is 2. The number of carbonyl (C=O) groups is 3. The Kier molecular flexibility index (Phi) is 8.47. The second kappa shape index (κ2) is 11.1. The summed E-state index contributed by atoms with van der Waals surface area (Å²) in [6.45, 7) is 4.01. The highest BCUT2D eigenvalue weighted by molar-refractivity contribution is 7.81. The zero-order valence-electron chi connectivity index (χ0n) is 18.8. The first kappa shape index (κ1) is 25.2. The summed E-state index contributed by atoms with van der Waals surface area (Å²) in [5.74, 6) is -1.60. The summed E-state index contributed by atoms with van der Waals surface area (Å²) in [5.41, 5.74) is 0.287. The Hall–Kier alpha value is -2.46. The van der Waals surface area contributed by atoms with E-state index in [1.807, 2.05) is 19.2 Å². The first-order chi connectivity index (χ1) is 15.7. The zero-order chi connectivity index (χ0) is 24.0. The summed E-state index contributed by atoms with van der Waals surface area (Å²) in [6, 6.07) is 2.44. The molecule has 2 heterocycles. The van der Waals surface area contributed by atoms with Gasteiger partial charge in [0, 0.05) is 24.2 Å². The molecule has 3 N–H and O–H groups in total. The molecule has 2 amide bonds. The van der Waals surface area contributed by atoms with Crippen LogP contribution in [-0.2, 0) is 20.8 Å². The van der Waals surface area contributed by atoms with Crippen molar-refractivity contribution in [2.24, 2.45) is 5.92 Å². The lowest BCUT2D eigenvalue weighted by molar-refractivity contribution is -0.143. The maximum absolute atomic E-state index is 13.2. The lowest BCUT2D eigenvalue weighted by atomic mass is 9.94. The number of carboxylic acids is 1. The van der Waals surface area contributed by atoms with Crippen molar-refractivity contribution in [3.05, 3.63) is 35.5 Å². The Labute approximate surface area is 203 Å². The summed E-state index contributed by atoms with van der Waals surface area (Å²) in [6.07, 6.45) is 6.49. The molecule has 10 heteroatoms. The van der Waals surface area contributed by atoms with Gasteiger partial charge in [0.25, 0.3) is 0 Å². The van der Waals surface area contributed by atoms with Gasteiger partial charge >= 0.3 is 5.97 Å². The second-order valence-corrected chi connectivity index (χ2v) is 10.4. The predicted molar refractivity (Wildman–Crippen MR) is 130 cm³/mol. The molecule has 2 atom stereocenters. The van der Waals surface area contributed by atoms with E-state index in [-0.39, 0.29) is 12.3 Å². The van der Waals surface area contributed by atoms with E-state index in [1.165, 1.54) is 11.3 Å². The molecule has 0 spiro atoms. The minimum Gasteiger partial charge on any atom is -0.480 e. The van der Waals surface area contributed by atoms with Crippen molar-refractivity contribution in [2.45, 2.75) is 69.2 Å². The van der Waals surface area contributed by atoms with Crippen LogP contribution < -0.4 is 10.6 Å². The van der Waals surface area contributed by atoms with Crippen LogP contribution in [-0.4, -0.2) is 49.7 Å². The molecule has 1 fully saturated rings. The van der Waals surface area contributed by atoms with Crippen molar-refractivity contribution >= 4 is 41.7 Å². The van der Waals surface area contributed by atoms with Crippen LogP contribution in [0.3, 0.4) is 0 Å². The molecular formula is C23H30N4O4S2. The molecule has 1 aliphatic rings. The van der Waals surface area contributed by atoms with E-state index in [0.29, 0.717) is 36.4 Å². The quantitative estimate of drug-likeness (QED) is 0.380. The fourth-order valence-corrected chi connectivity index (χ4v) is 5.11. The van der Waals surface area contributed by atoms with E-state index in [9.17, 15) is 19.5 Å². The fraction of sp³-hybridized carbons (Fsp3) is 0.522. The second-order valence-electron chi connectivity index (χ2n) is 8.88. The molecule has 2 aromatic heterocycles. The van der Waals surface area contributed by atoms with Gasteiger partial charge in [-0.1, -0.05) is 32.8 Å². The van der Waals surface area contributed by atoms with E-state index in [1.54, 1.807) is 24.5 Å². The molecule has 1 saturated carbocycles. The average molecular weight is 491 g/mol. The minimum atomic E-state index is -1.14. The maximum Gasteiger partial charge on any atom is 0.326 e. The lowest BCUT2D eigenvalue weighted by Gasteiger charge is -2.31. The first-order valence-corrected chi connectivity index (χ1v) is 12.5. The number of carboxylic acid groups (broad SMARTS) is 1. The number of pyridine rings is 1. The highest BCUT2D eigenvalue weighted by atomic mass is 32.1. The van der Waals surface area contributed by atoms with Crippen LogP contribution in [0.2, 0.25) is 0 Å². The van der Waals surface area contributed by atoms with Crippen LogP contribution in [0.5, 0.6) is 0 Å². The molecule has 0 bridgehead atoms. The molecule has 0 saturated heterocycles. The summed E-state index contributed by atoms with van der Waals surface area (Å²) >= 11 is 5.86. The summed E-state index contributed by atoms with van der Waals surface area (Å²) in [4.78, 5) is 46.4. The van der Waals surface area contributed by atoms with E-state index < -0.39 is 28.7 Å². The van der Waals surface area contributed by atoms with Crippen molar-refractivity contribution < 1.29 is 19.5 Å². The molecule has 0 aliphatic heterocycles. The summed E-state index contributed by atoms with van der Waals surface area (Å²) in [7, 11) is 0. The number of aliphatic carboxylic acids is 1. The van der Waals surface area contributed by atoms with Crippen LogP contribution in [0.1, 0.15) is 51.5 Å². The molecule has 8 nitrogen and oxygen atoms in total. The Morgan fingerprint density at radius 1 is 1.21 bits per heavy atom. The third kappa shape index (κ3) is 6.54. The van der Waals surface area contributed by atoms with Crippen molar-refractivity contribution in [2.75, 3.05) is 0 Å². The summed E-state index contributed by atoms with van der Waals surface area (Å²) < 4.78 is 0. The monoisotopic (exact) mass is 490 g/mol. The molecule has 0 radical (unpaired) electrons. The molecule has 3 rings (SSSR count). The molecule has 178 valence electrons. The van der Waals surface area contributed by atoms with Crippen LogP contribution in [0.25, 0.3) is 10.7 Å². The lowest BCUT2D eigenvalue weighted by Crippen LogP contribution is -2.61. The Morgan fingerprint density at radius 3 is 2.48 bits per heavy atom. The number of thiol groups is 1. The van der Waals surface area contributed by atoms with Gasteiger partial charge in [-0.3, -0.25) is 14.6 Å². The fourth-order valence-electron chi connectivity index (χ4n) is 4.01. The highest BCUT2D eigenvalue weighted by Crippen LogP contribution is 2.31. The molecule has 1 unspecified atom stereocenters. The van der Waals surface area contributed by atoms with E-state index in [2.05, 4.69) is 33.2 Å². The number of hydrogen-bond acceptors (Lipinski definition) is 7. The average Bonchev–Trinajstić information content (AvgIpc) is 3.46. The van der Waals surface area contributed by atoms with Gasteiger partial charge in [0.1, 0.15) is 16.6 Å². The van der Waals surface area contributed by atoms with Crippen molar-refractivity contribution in [1.82, 2.24) is 20.6 Å². The standard InChI is InChI=1S/C23H30N4O4S2/c1-14(2)11-18(32)19(28)27-23(7-3-4-8-23)22(31)26-17(21(29)30)12-15-5-6-16(25-13-15)20-24-9-10-33-20/h5-6,9-10,13-14,17-18,32H,3-4,7-8,11-12H2,1-2H3,(H,26,31)(H,27,28)(H,29,30)/t17?,18-/m0/s1. The largest absolute Gasteiger partial charge is 0.480 e. The normalized spacial score (nSPS) is 16.8. The number of nitrogens with one attached hydrogen (secondary N) is 2. The van der Waals surface area contributed by atoms with Crippen LogP contribution >= 0.6 is 24.0 Å². The van der Waals surface area contributed by atoms with E-state index in [0.717, 1.165) is 17.8 Å². The predicted octanol–water partition coefficient (Wildman–Crippen LogP) is 3.09. The van der Waals surface area contributed by atoms with Crippen LogP contribution in [0, 0.1) is 5.92 Å². The highest BCUT2D eigenvalue weighted by Gasteiger charge is 2.44. The van der Waals surface area contributed by atoms with Crippen LogP contribution in [0.4, 0.5) is 0 Å². The van der Waals surface area contributed by atoms with E-state index >= 15 is 0 Å². The minimum absolute atomic E-state index is 0.0821. The van der Waals surface area contributed by atoms with Gasteiger partial charge in [-0.15, -0.1) is 11.3 Å². The Balaban J connectivity index is 1.68. The molecule has 0 aromatic carbocycles. The van der Waals surface area contributed by atoms with Gasteiger partial charge in [-0.05, 0) is 36.8 Å². The topological polar surface area (TPSA) is 121 Å². The van der Waals surface area contributed by atoms with Gasteiger partial charge in [-0.25, -0.2) is 9.78 Å². The Morgan fingerprint density at radius 2 is 1.94 bits per heavy atom. The van der Waals surface area contributed by atoms with Gasteiger partial charge in [0.15, 0.2) is 0 Å². The number of amides is 2. The third-order valence-electron chi connectivity index (χ3n) is 5.77. The third-order valence-corrected chi connectivity index (χ3v) is 7.01. The van der Waals surface area contributed by atoms with Crippen molar-refractivity contribution in [1.29, 1.82) is 0 Å². The van der Waals surface area contributed by atoms with Gasteiger partial charge in [0.2, 0.25) is 11.8 Å². The number of hydrogen-bond donors (Lipinski definition) is 4. The molecule has 1 aliphatic carbocycles. The number of carbonyl (C=O) groups excluding carboxylic acids is 2. The molecule has 2 aromatic rings. The maximum atomic E-state index is 13.2. The molecule has 33 heavy (non-hydrogen) atoms. The smallest absolute Gasteiger partial charge is 0.326 e. The number of thiazole rings is 1. The van der Waals surface area contributed by atoms with Crippen LogP contribution in [0.15, 0.2) is 29.9 Å². The SMILES string of the molecule is CC(C)C[C@H](S)C(=O)NC1(C(=O)NC(Cc2ccc(-c3nccs3)nc2)C(=O)O)CCCC1. The molecular weight excluding hydrogens is 460 g/mol. The number of nitrogens with zero attached hydrogens (tertiary/aromatic N) is 2. The van der Waals surface area contributed by atoms with Gasteiger partial charge in [-0.2, -0.15) is 12.6 Å². The Bertz CT molecular complexity index is 957. The van der Waals surface area contributed by atoms with Crippen molar-refractivity contribution in [3.8, 4) is 10.7 Å². The summed E-state index contributed by atoms with van der Waals surface area (Å²) in [5, 5.41) is 17.4.